The van der Waals surface area contributed by atoms with Gasteiger partial charge < -0.3 is 4.74 Å². The molecular weight excluding hydrogens is 215 g/mol. The number of aromatic nitrogens is 3. The molecule has 0 saturated carbocycles. The van der Waals surface area contributed by atoms with Gasteiger partial charge in [0.1, 0.15) is 12.3 Å². The Bertz CT molecular complexity index is 324. The molecular formula is C7H8F3N3O2. The van der Waals surface area contributed by atoms with E-state index in [1.807, 2.05) is 0 Å². The second kappa shape index (κ2) is 4.87. The lowest BCUT2D eigenvalue weighted by molar-refractivity contribution is -0.174. The van der Waals surface area contributed by atoms with E-state index in [1.54, 1.807) is 0 Å². The Morgan fingerprint density at radius 3 is 2.80 bits per heavy atom. The first-order valence-corrected chi connectivity index (χ1v) is 4.01. The predicted molar refractivity (Wildman–Crippen MR) is 42.3 cm³/mol. The van der Waals surface area contributed by atoms with Crippen molar-refractivity contribution in [2.45, 2.75) is 12.7 Å². The van der Waals surface area contributed by atoms with Crippen molar-refractivity contribution in [3.63, 3.8) is 0 Å². The minimum absolute atomic E-state index is 0.122. The van der Waals surface area contributed by atoms with Crippen molar-refractivity contribution in [2.24, 2.45) is 0 Å². The van der Waals surface area contributed by atoms with E-state index in [2.05, 4.69) is 15.0 Å². The van der Waals surface area contributed by atoms with Crippen molar-refractivity contribution in [1.82, 2.24) is 15.0 Å². The number of hydrogen-bond acceptors (Lipinski definition) is 4. The molecule has 1 aromatic heterocycles. The van der Waals surface area contributed by atoms with Gasteiger partial charge >= 0.3 is 6.18 Å². The van der Waals surface area contributed by atoms with Gasteiger partial charge in [-0.05, 0) is 0 Å². The van der Waals surface area contributed by atoms with E-state index in [-0.39, 0.29) is 18.8 Å². The number of carbonyl (C=O) groups excluding carboxylic acids is 1. The standard InChI is InChI=1S/C7H8F3N3O2/c8-7(9,10)5-15-2-1-13-3-6(4-14)11-12-13/h3-4H,1-2,5H2. The van der Waals surface area contributed by atoms with E-state index in [9.17, 15) is 18.0 Å². The molecule has 0 saturated heterocycles. The zero-order chi connectivity index (χ0) is 11.3. The molecule has 5 nitrogen and oxygen atoms in total. The Hall–Kier alpha value is -1.44. The molecule has 1 heterocycles. The first-order valence-electron chi connectivity index (χ1n) is 4.01. The monoisotopic (exact) mass is 223 g/mol. The van der Waals surface area contributed by atoms with Crippen LogP contribution in [-0.2, 0) is 11.3 Å². The van der Waals surface area contributed by atoms with Crippen molar-refractivity contribution < 1.29 is 22.7 Å². The molecule has 1 rings (SSSR count). The normalized spacial score (nSPS) is 11.7. The fourth-order valence-electron chi connectivity index (χ4n) is 0.823. The highest BCUT2D eigenvalue weighted by molar-refractivity contribution is 5.70. The lowest BCUT2D eigenvalue weighted by Crippen LogP contribution is -2.19. The SMILES string of the molecule is O=Cc1cn(CCOCC(F)(F)F)nn1. The van der Waals surface area contributed by atoms with Crippen LogP contribution >= 0.6 is 0 Å². The van der Waals surface area contributed by atoms with Crippen LogP contribution in [0, 0.1) is 0 Å². The molecule has 15 heavy (non-hydrogen) atoms. The van der Waals surface area contributed by atoms with Gasteiger partial charge in [0.2, 0.25) is 0 Å². The Morgan fingerprint density at radius 1 is 1.53 bits per heavy atom. The molecule has 0 aliphatic rings. The summed E-state index contributed by atoms with van der Waals surface area (Å²) in [7, 11) is 0. The van der Waals surface area contributed by atoms with Crippen LogP contribution < -0.4 is 0 Å². The molecule has 0 atom stereocenters. The molecule has 0 amide bonds. The van der Waals surface area contributed by atoms with Gasteiger partial charge in [0.25, 0.3) is 0 Å². The van der Waals surface area contributed by atoms with Crippen LogP contribution in [0.1, 0.15) is 10.5 Å². The van der Waals surface area contributed by atoms with Gasteiger partial charge in [-0.2, -0.15) is 13.2 Å². The molecule has 1 aromatic rings. The molecule has 0 fully saturated rings. The number of aldehydes is 1. The number of rotatable bonds is 5. The number of nitrogens with zero attached hydrogens (tertiary/aromatic N) is 3. The smallest absolute Gasteiger partial charge is 0.370 e. The maximum Gasteiger partial charge on any atom is 0.411 e. The molecule has 0 aromatic carbocycles. The summed E-state index contributed by atoms with van der Waals surface area (Å²) in [6, 6.07) is 0. The molecule has 0 aliphatic carbocycles. The maximum absolute atomic E-state index is 11.6. The zero-order valence-corrected chi connectivity index (χ0v) is 7.57. The van der Waals surface area contributed by atoms with Crippen molar-refractivity contribution >= 4 is 6.29 Å². The molecule has 0 N–H and O–H groups in total. The zero-order valence-electron chi connectivity index (χ0n) is 7.57. The van der Waals surface area contributed by atoms with E-state index in [4.69, 9.17) is 0 Å². The number of alkyl halides is 3. The van der Waals surface area contributed by atoms with Crippen LogP contribution in [0.25, 0.3) is 0 Å². The number of ether oxygens (including phenoxy) is 1. The average Bonchev–Trinajstić information content (AvgIpc) is 2.59. The van der Waals surface area contributed by atoms with Gasteiger partial charge in [-0.1, -0.05) is 5.21 Å². The van der Waals surface area contributed by atoms with Gasteiger partial charge in [0.05, 0.1) is 19.3 Å². The summed E-state index contributed by atoms with van der Waals surface area (Å²) in [4.78, 5) is 10.2. The van der Waals surface area contributed by atoms with E-state index < -0.39 is 12.8 Å². The van der Waals surface area contributed by atoms with Crippen LogP contribution in [-0.4, -0.2) is 40.7 Å². The second-order valence-corrected chi connectivity index (χ2v) is 2.69. The molecule has 0 aliphatic heterocycles. The van der Waals surface area contributed by atoms with Crippen LogP contribution in [0.4, 0.5) is 13.2 Å². The summed E-state index contributed by atoms with van der Waals surface area (Å²) in [5.74, 6) is 0. The Kier molecular flexibility index (Phi) is 3.78. The van der Waals surface area contributed by atoms with E-state index in [1.165, 1.54) is 10.9 Å². The summed E-state index contributed by atoms with van der Waals surface area (Å²) in [5.41, 5.74) is 0.130. The predicted octanol–water partition coefficient (Wildman–Crippen LogP) is 0.669. The summed E-state index contributed by atoms with van der Waals surface area (Å²) in [5, 5.41) is 6.92. The minimum atomic E-state index is -4.32. The summed E-state index contributed by atoms with van der Waals surface area (Å²) in [6.07, 6.45) is -2.50. The Morgan fingerprint density at radius 2 is 2.27 bits per heavy atom. The highest BCUT2D eigenvalue weighted by Crippen LogP contribution is 2.14. The van der Waals surface area contributed by atoms with Gasteiger partial charge in [-0.3, -0.25) is 4.79 Å². The van der Waals surface area contributed by atoms with E-state index in [0.29, 0.717) is 6.29 Å². The maximum atomic E-state index is 11.6. The lowest BCUT2D eigenvalue weighted by Gasteiger charge is -2.06. The van der Waals surface area contributed by atoms with Gasteiger partial charge in [0, 0.05) is 0 Å². The van der Waals surface area contributed by atoms with Crippen LogP contribution in [0.5, 0.6) is 0 Å². The minimum Gasteiger partial charge on any atom is -0.370 e. The third-order valence-electron chi connectivity index (χ3n) is 1.41. The van der Waals surface area contributed by atoms with Gasteiger partial charge in [-0.25, -0.2) is 4.68 Å². The fraction of sp³-hybridized carbons (Fsp3) is 0.571. The van der Waals surface area contributed by atoms with Gasteiger partial charge in [-0.15, -0.1) is 5.10 Å². The largest absolute Gasteiger partial charge is 0.411 e. The van der Waals surface area contributed by atoms with Crippen molar-refractivity contribution in [2.75, 3.05) is 13.2 Å². The number of carbonyl (C=O) groups is 1. The molecule has 8 heteroatoms. The molecule has 0 radical (unpaired) electrons. The third-order valence-corrected chi connectivity index (χ3v) is 1.41. The molecule has 0 spiro atoms. The number of hydrogen-bond donors (Lipinski definition) is 0. The Balaban J connectivity index is 2.23. The topological polar surface area (TPSA) is 57.0 Å². The summed E-state index contributed by atoms with van der Waals surface area (Å²) >= 11 is 0. The first-order chi connectivity index (χ1) is 7.01. The van der Waals surface area contributed by atoms with E-state index >= 15 is 0 Å². The van der Waals surface area contributed by atoms with Crippen LogP contribution in [0.3, 0.4) is 0 Å². The molecule has 0 unspecified atom stereocenters. The lowest BCUT2D eigenvalue weighted by atomic mass is 10.5. The first kappa shape index (κ1) is 11.6. The highest BCUT2D eigenvalue weighted by atomic mass is 19.4. The van der Waals surface area contributed by atoms with E-state index in [0.717, 1.165) is 0 Å². The number of halogens is 3. The molecule has 84 valence electrons. The summed E-state index contributed by atoms with van der Waals surface area (Å²) < 4.78 is 40.5. The fourth-order valence-corrected chi connectivity index (χ4v) is 0.823. The highest BCUT2D eigenvalue weighted by Gasteiger charge is 2.27. The van der Waals surface area contributed by atoms with Crippen LogP contribution in [0.15, 0.2) is 6.20 Å². The van der Waals surface area contributed by atoms with Gasteiger partial charge in [0.15, 0.2) is 6.29 Å². The van der Waals surface area contributed by atoms with Crippen molar-refractivity contribution in [3.05, 3.63) is 11.9 Å². The third kappa shape index (κ3) is 4.54. The van der Waals surface area contributed by atoms with Crippen molar-refractivity contribution in [1.29, 1.82) is 0 Å². The average molecular weight is 223 g/mol. The quantitative estimate of drug-likeness (QED) is 0.543. The molecule has 0 bridgehead atoms. The second-order valence-electron chi connectivity index (χ2n) is 2.69. The summed E-state index contributed by atoms with van der Waals surface area (Å²) in [6.45, 7) is -1.31. The van der Waals surface area contributed by atoms with Crippen LogP contribution in [0.2, 0.25) is 0 Å². The Labute approximate surface area is 82.8 Å². The van der Waals surface area contributed by atoms with Crippen molar-refractivity contribution in [3.8, 4) is 0 Å².